The monoisotopic (exact) mass is 322 g/mol. The summed E-state index contributed by atoms with van der Waals surface area (Å²) < 4.78 is 1.77. The van der Waals surface area contributed by atoms with Gasteiger partial charge in [-0.15, -0.1) is 0 Å². The van der Waals surface area contributed by atoms with Gasteiger partial charge in [-0.2, -0.15) is 0 Å². The van der Waals surface area contributed by atoms with E-state index in [4.69, 9.17) is 0 Å². The molecule has 0 spiro atoms. The van der Waals surface area contributed by atoms with Gasteiger partial charge in [0.2, 0.25) is 5.95 Å². The number of imidazole rings is 1. The van der Waals surface area contributed by atoms with E-state index in [-0.39, 0.29) is 5.91 Å². The fourth-order valence-electron chi connectivity index (χ4n) is 2.87. The molecule has 124 valence electrons. The summed E-state index contributed by atoms with van der Waals surface area (Å²) >= 11 is 0. The fourth-order valence-corrected chi connectivity index (χ4v) is 2.87. The van der Waals surface area contributed by atoms with E-state index in [1.165, 1.54) is 5.56 Å². The van der Waals surface area contributed by atoms with Crippen molar-refractivity contribution in [1.82, 2.24) is 14.5 Å². The first-order valence-corrected chi connectivity index (χ1v) is 8.21. The van der Waals surface area contributed by atoms with Crippen molar-refractivity contribution in [2.24, 2.45) is 7.05 Å². The summed E-state index contributed by atoms with van der Waals surface area (Å²) in [5, 5.41) is 3.92. The van der Waals surface area contributed by atoms with Crippen molar-refractivity contribution >= 4 is 22.8 Å². The lowest BCUT2D eigenvalue weighted by atomic mass is 9.94. The first-order chi connectivity index (χ1) is 11.5. The summed E-state index contributed by atoms with van der Waals surface area (Å²) in [6, 6.07) is 6.11. The van der Waals surface area contributed by atoms with Gasteiger partial charge < -0.3 is 4.57 Å². The summed E-state index contributed by atoms with van der Waals surface area (Å²) in [7, 11) is 1.85. The van der Waals surface area contributed by atoms with E-state index in [0.29, 0.717) is 17.4 Å². The van der Waals surface area contributed by atoms with E-state index in [0.717, 1.165) is 22.9 Å². The fraction of sp³-hybridized carbons (Fsp3) is 0.316. The van der Waals surface area contributed by atoms with Gasteiger partial charge in [-0.1, -0.05) is 20.8 Å². The average Bonchev–Trinajstić information content (AvgIpc) is 2.97. The maximum atomic E-state index is 12.8. The van der Waals surface area contributed by atoms with Crippen molar-refractivity contribution in [2.45, 2.75) is 33.1 Å². The lowest BCUT2D eigenvalue weighted by Crippen LogP contribution is -2.16. The third-order valence-corrected chi connectivity index (χ3v) is 4.26. The lowest BCUT2D eigenvalue weighted by Gasteiger charge is -2.14. The average molecular weight is 322 g/mol. The number of carbonyl (C=O) groups excluding carboxylic acids is 1. The Morgan fingerprint density at radius 3 is 2.67 bits per heavy atom. The van der Waals surface area contributed by atoms with Crippen molar-refractivity contribution in [1.29, 1.82) is 0 Å². The van der Waals surface area contributed by atoms with E-state index in [2.05, 4.69) is 42.1 Å². The first-order valence-electron chi connectivity index (χ1n) is 8.21. The van der Waals surface area contributed by atoms with Crippen LogP contribution in [0.25, 0.3) is 10.9 Å². The minimum Gasteiger partial charge on any atom is -0.320 e. The number of hydrogen-bond donors (Lipinski definition) is 1. The molecule has 3 aromatic rings. The van der Waals surface area contributed by atoms with E-state index in [1.54, 1.807) is 23.2 Å². The number of nitrogens with one attached hydrogen (secondary N) is 1. The predicted molar refractivity (Wildman–Crippen MR) is 96.4 cm³/mol. The van der Waals surface area contributed by atoms with Gasteiger partial charge in [-0.3, -0.25) is 15.1 Å². The molecule has 0 saturated heterocycles. The number of aryl methyl sites for hydroxylation is 2. The SMILES string of the molecule is CCc1cc(C(=O)Nc2nccn2C)c2nccc(C(C)C)c2c1. The lowest BCUT2D eigenvalue weighted by molar-refractivity contribution is 0.102. The van der Waals surface area contributed by atoms with Crippen molar-refractivity contribution < 1.29 is 4.79 Å². The van der Waals surface area contributed by atoms with Crippen LogP contribution in [0.2, 0.25) is 0 Å². The minimum atomic E-state index is -0.182. The van der Waals surface area contributed by atoms with Crippen LogP contribution in [0, 0.1) is 0 Å². The number of anilines is 1. The van der Waals surface area contributed by atoms with Crippen molar-refractivity contribution in [3.63, 3.8) is 0 Å². The van der Waals surface area contributed by atoms with E-state index >= 15 is 0 Å². The smallest absolute Gasteiger partial charge is 0.260 e. The Balaban J connectivity index is 2.14. The second-order valence-corrected chi connectivity index (χ2v) is 6.26. The molecule has 0 aliphatic heterocycles. The van der Waals surface area contributed by atoms with Crippen LogP contribution in [0.15, 0.2) is 36.8 Å². The van der Waals surface area contributed by atoms with Crippen LogP contribution >= 0.6 is 0 Å². The van der Waals surface area contributed by atoms with Gasteiger partial charge in [0.1, 0.15) is 0 Å². The molecule has 1 N–H and O–H groups in total. The molecule has 0 saturated carbocycles. The Hall–Kier alpha value is -2.69. The quantitative estimate of drug-likeness (QED) is 0.792. The van der Waals surface area contributed by atoms with Crippen molar-refractivity contribution in [3.8, 4) is 0 Å². The number of nitrogens with zero attached hydrogens (tertiary/aromatic N) is 3. The molecule has 1 amide bonds. The Kier molecular flexibility index (Phi) is 4.34. The Morgan fingerprint density at radius 2 is 2.04 bits per heavy atom. The second kappa shape index (κ2) is 6.43. The van der Waals surface area contributed by atoms with Crippen LogP contribution in [0.3, 0.4) is 0 Å². The third kappa shape index (κ3) is 2.89. The van der Waals surface area contributed by atoms with E-state index in [9.17, 15) is 4.79 Å². The number of pyridine rings is 1. The summed E-state index contributed by atoms with van der Waals surface area (Å²) in [5.74, 6) is 0.709. The maximum absolute atomic E-state index is 12.8. The van der Waals surface area contributed by atoms with Crippen molar-refractivity contribution in [2.75, 3.05) is 5.32 Å². The number of aromatic nitrogens is 3. The highest BCUT2D eigenvalue weighted by Gasteiger charge is 2.17. The second-order valence-electron chi connectivity index (χ2n) is 6.26. The molecule has 3 rings (SSSR count). The van der Waals surface area contributed by atoms with Crippen LogP contribution in [0.1, 0.15) is 48.2 Å². The maximum Gasteiger partial charge on any atom is 0.260 e. The minimum absolute atomic E-state index is 0.182. The van der Waals surface area contributed by atoms with Crippen LogP contribution in [-0.4, -0.2) is 20.4 Å². The highest BCUT2D eigenvalue weighted by molar-refractivity contribution is 6.12. The molecule has 24 heavy (non-hydrogen) atoms. The molecule has 0 unspecified atom stereocenters. The number of fused-ring (bicyclic) bond motifs is 1. The molecule has 0 aliphatic rings. The number of benzene rings is 1. The molecule has 0 fully saturated rings. The number of carbonyl (C=O) groups is 1. The summed E-state index contributed by atoms with van der Waals surface area (Å²) in [6.45, 7) is 6.40. The summed E-state index contributed by atoms with van der Waals surface area (Å²) in [6.07, 6.45) is 6.10. The largest absolute Gasteiger partial charge is 0.320 e. The molecule has 0 aliphatic carbocycles. The van der Waals surface area contributed by atoms with Gasteiger partial charge in [-0.25, -0.2) is 4.98 Å². The van der Waals surface area contributed by atoms with Gasteiger partial charge in [0.15, 0.2) is 0 Å². The Bertz CT molecular complexity index is 896. The van der Waals surface area contributed by atoms with Gasteiger partial charge in [-0.05, 0) is 41.7 Å². The highest BCUT2D eigenvalue weighted by atomic mass is 16.1. The zero-order chi connectivity index (χ0) is 17.3. The topological polar surface area (TPSA) is 59.8 Å². The normalized spacial score (nSPS) is 11.2. The zero-order valence-corrected chi connectivity index (χ0v) is 14.5. The third-order valence-electron chi connectivity index (χ3n) is 4.26. The Labute approximate surface area is 141 Å². The standard InChI is InChI=1S/C19H22N4O/c1-5-13-10-15-14(12(2)3)6-7-20-17(15)16(11-13)18(24)22-19-21-8-9-23(19)4/h6-12H,5H2,1-4H3,(H,21,22,24). The molecular weight excluding hydrogens is 300 g/mol. The Morgan fingerprint density at radius 1 is 1.25 bits per heavy atom. The van der Waals surface area contributed by atoms with E-state index in [1.807, 2.05) is 19.2 Å². The molecule has 0 radical (unpaired) electrons. The molecule has 5 heteroatoms. The first kappa shape index (κ1) is 16.2. The van der Waals surface area contributed by atoms with Crippen LogP contribution in [0.4, 0.5) is 5.95 Å². The highest BCUT2D eigenvalue weighted by Crippen LogP contribution is 2.28. The molecular formula is C19H22N4O. The number of rotatable bonds is 4. The molecule has 0 bridgehead atoms. The number of hydrogen-bond acceptors (Lipinski definition) is 3. The van der Waals surface area contributed by atoms with Gasteiger partial charge in [0, 0.05) is 31.0 Å². The molecule has 1 aromatic carbocycles. The van der Waals surface area contributed by atoms with Gasteiger partial charge in [0.25, 0.3) is 5.91 Å². The zero-order valence-electron chi connectivity index (χ0n) is 14.5. The molecule has 5 nitrogen and oxygen atoms in total. The molecule has 0 atom stereocenters. The van der Waals surface area contributed by atoms with E-state index < -0.39 is 0 Å². The molecule has 2 aromatic heterocycles. The summed E-state index contributed by atoms with van der Waals surface area (Å²) in [5.41, 5.74) is 3.67. The van der Waals surface area contributed by atoms with Crippen LogP contribution < -0.4 is 5.32 Å². The number of amides is 1. The van der Waals surface area contributed by atoms with Gasteiger partial charge >= 0.3 is 0 Å². The van der Waals surface area contributed by atoms with Gasteiger partial charge in [0.05, 0.1) is 11.1 Å². The van der Waals surface area contributed by atoms with Crippen molar-refractivity contribution in [3.05, 3.63) is 53.5 Å². The molecule has 2 heterocycles. The van der Waals surface area contributed by atoms with Crippen LogP contribution in [-0.2, 0) is 13.5 Å². The van der Waals surface area contributed by atoms with Crippen LogP contribution in [0.5, 0.6) is 0 Å². The summed E-state index contributed by atoms with van der Waals surface area (Å²) in [4.78, 5) is 21.5. The predicted octanol–water partition coefficient (Wildman–Crippen LogP) is 3.91.